The van der Waals surface area contributed by atoms with E-state index in [1.165, 1.54) is 12.7 Å². The van der Waals surface area contributed by atoms with Gasteiger partial charge >= 0.3 is 0 Å². The highest BCUT2D eigenvalue weighted by atomic mass is 16.7. The van der Waals surface area contributed by atoms with Crippen LogP contribution in [0.4, 0.5) is 0 Å². The van der Waals surface area contributed by atoms with Gasteiger partial charge in [-0.1, -0.05) is 6.58 Å². The molecule has 1 atom stereocenters. The van der Waals surface area contributed by atoms with E-state index in [0.717, 1.165) is 19.4 Å². The summed E-state index contributed by atoms with van der Waals surface area (Å²) in [6.07, 6.45) is 4.61. The lowest BCUT2D eigenvalue weighted by atomic mass is 10.2. The van der Waals surface area contributed by atoms with Crippen molar-refractivity contribution in [2.75, 3.05) is 112 Å². The maximum absolute atomic E-state index is 5.59. The molecule has 10 heteroatoms. The van der Waals surface area contributed by atoms with Crippen LogP contribution < -0.4 is 0 Å². The molecule has 1 unspecified atom stereocenters. The van der Waals surface area contributed by atoms with Crippen molar-refractivity contribution >= 4 is 0 Å². The number of ether oxygens (including phenoxy) is 10. The quantitative estimate of drug-likeness (QED) is 0.135. The largest absolute Gasteiger partial charge is 0.499 e. The Morgan fingerprint density at radius 1 is 0.545 bits per heavy atom. The zero-order valence-electron chi connectivity index (χ0n) is 20.1. The molecule has 1 fully saturated rings. The van der Waals surface area contributed by atoms with Gasteiger partial charge in [-0.25, -0.2) is 0 Å². The topological polar surface area (TPSA) is 92.3 Å². The summed E-state index contributed by atoms with van der Waals surface area (Å²) in [7, 11) is 0. The zero-order valence-corrected chi connectivity index (χ0v) is 20.1. The Morgan fingerprint density at radius 2 is 0.939 bits per heavy atom. The third-order valence-electron chi connectivity index (χ3n) is 4.36. The van der Waals surface area contributed by atoms with Crippen LogP contribution in [-0.4, -0.2) is 119 Å². The van der Waals surface area contributed by atoms with E-state index < -0.39 is 0 Å². The molecule has 0 aromatic rings. The first-order valence-corrected chi connectivity index (χ1v) is 11.9. The van der Waals surface area contributed by atoms with Crippen molar-refractivity contribution in [2.45, 2.75) is 25.6 Å². The fourth-order valence-electron chi connectivity index (χ4n) is 2.69. The molecule has 0 bridgehead atoms. The summed E-state index contributed by atoms with van der Waals surface area (Å²) in [6.45, 7) is 12.8. The molecule has 0 aromatic heterocycles. The molecule has 0 N–H and O–H groups in total. The SMILES string of the molecule is C=COCCOCCOCCOCCOCCOCCOCCOCCOC1CCCCO1. The molecule has 10 nitrogen and oxygen atoms in total. The fraction of sp³-hybridized carbons (Fsp3) is 0.913. The van der Waals surface area contributed by atoms with E-state index in [2.05, 4.69) is 6.58 Å². The Labute approximate surface area is 198 Å². The van der Waals surface area contributed by atoms with Crippen LogP contribution in [0.25, 0.3) is 0 Å². The van der Waals surface area contributed by atoms with E-state index in [-0.39, 0.29) is 6.29 Å². The van der Waals surface area contributed by atoms with Crippen LogP contribution >= 0.6 is 0 Å². The second kappa shape index (κ2) is 25.8. The lowest BCUT2D eigenvalue weighted by molar-refractivity contribution is -0.169. The van der Waals surface area contributed by atoms with E-state index in [9.17, 15) is 0 Å². The molecule has 0 radical (unpaired) electrons. The van der Waals surface area contributed by atoms with Crippen molar-refractivity contribution in [3.63, 3.8) is 0 Å². The maximum Gasteiger partial charge on any atom is 0.157 e. The van der Waals surface area contributed by atoms with Crippen molar-refractivity contribution in [3.05, 3.63) is 12.8 Å². The predicted molar refractivity (Wildman–Crippen MR) is 121 cm³/mol. The standard InChI is InChI=1S/C23H44O10/c1-2-24-7-8-25-9-10-26-11-12-27-13-14-28-15-16-29-17-18-30-19-20-31-21-22-33-23-5-3-4-6-32-23/h2,23H,1,3-22H2. The van der Waals surface area contributed by atoms with Gasteiger partial charge in [-0.15, -0.1) is 0 Å². The average molecular weight is 481 g/mol. The minimum absolute atomic E-state index is 0.0583. The van der Waals surface area contributed by atoms with Crippen LogP contribution in [0, 0.1) is 0 Å². The van der Waals surface area contributed by atoms with Gasteiger partial charge in [-0.05, 0) is 19.3 Å². The van der Waals surface area contributed by atoms with Crippen molar-refractivity contribution in [3.8, 4) is 0 Å². The zero-order chi connectivity index (χ0) is 23.5. The maximum atomic E-state index is 5.59. The van der Waals surface area contributed by atoms with Gasteiger partial charge in [0.2, 0.25) is 0 Å². The first-order chi connectivity index (χ1) is 16.4. The Kier molecular flexibility index (Phi) is 23.6. The van der Waals surface area contributed by atoms with E-state index in [1.807, 2.05) is 0 Å². The van der Waals surface area contributed by atoms with Crippen LogP contribution in [0.1, 0.15) is 19.3 Å². The fourth-order valence-corrected chi connectivity index (χ4v) is 2.69. The highest BCUT2D eigenvalue weighted by molar-refractivity contribution is 4.53. The Morgan fingerprint density at radius 3 is 1.30 bits per heavy atom. The molecule has 0 spiro atoms. The van der Waals surface area contributed by atoms with Gasteiger partial charge in [0, 0.05) is 6.61 Å². The first kappa shape index (κ1) is 30.2. The van der Waals surface area contributed by atoms with Crippen LogP contribution in [-0.2, 0) is 47.4 Å². The molecule has 0 aromatic carbocycles. The van der Waals surface area contributed by atoms with Gasteiger partial charge in [0.05, 0.1) is 105 Å². The molecule has 1 saturated heterocycles. The average Bonchev–Trinajstić information content (AvgIpc) is 2.84. The molecule has 0 amide bonds. The Bertz CT molecular complexity index is 393. The van der Waals surface area contributed by atoms with E-state index in [1.54, 1.807) is 0 Å². The van der Waals surface area contributed by atoms with Gasteiger partial charge in [-0.3, -0.25) is 0 Å². The molecular weight excluding hydrogens is 436 g/mol. The first-order valence-electron chi connectivity index (χ1n) is 11.9. The molecule has 1 heterocycles. The Balaban J connectivity index is 1.62. The lowest BCUT2D eigenvalue weighted by Gasteiger charge is -2.22. The molecule has 0 aliphatic carbocycles. The molecular formula is C23H44O10. The number of hydrogen-bond donors (Lipinski definition) is 0. The van der Waals surface area contributed by atoms with Gasteiger partial charge in [0.1, 0.15) is 6.61 Å². The molecule has 196 valence electrons. The minimum atomic E-state index is -0.0583. The van der Waals surface area contributed by atoms with Crippen LogP contribution in [0.3, 0.4) is 0 Å². The number of rotatable bonds is 26. The highest BCUT2D eigenvalue weighted by Gasteiger charge is 2.13. The van der Waals surface area contributed by atoms with E-state index in [4.69, 9.17) is 47.4 Å². The van der Waals surface area contributed by atoms with Crippen molar-refractivity contribution in [1.29, 1.82) is 0 Å². The summed E-state index contributed by atoms with van der Waals surface area (Å²) in [4.78, 5) is 0. The summed E-state index contributed by atoms with van der Waals surface area (Å²) in [6, 6.07) is 0. The molecule has 0 saturated carbocycles. The highest BCUT2D eigenvalue weighted by Crippen LogP contribution is 2.13. The second-order valence-electron chi connectivity index (χ2n) is 6.99. The van der Waals surface area contributed by atoms with Crippen LogP contribution in [0.5, 0.6) is 0 Å². The van der Waals surface area contributed by atoms with Crippen molar-refractivity contribution in [2.24, 2.45) is 0 Å². The Hall–Kier alpha value is -0.820. The number of hydrogen-bond acceptors (Lipinski definition) is 10. The summed E-state index contributed by atoms with van der Waals surface area (Å²) < 4.78 is 53.9. The lowest BCUT2D eigenvalue weighted by Crippen LogP contribution is -2.24. The van der Waals surface area contributed by atoms with Crippen LogP contribution in [0.2, 0.25) is 0 Å². The second-order valence-corrected chi connectivity index (χ2v) is 6.99. The van der Waals surface area contributed by atoms with Crippen molar-refractivity contribution in [1.82, 2.24) is 0 Å². The monoisotopic (exact) mass is 480 g/mol. The van der Waals surface area contributed by atoms with Crippen molar-refractivity contribution < 1.29 is 47.4 Å². The minimum Gasteiger partial charge on any atom is -0.499 e. The van der Waals surface area contributed by atoms with E-state index in [0.29, 0.717) is 106 Å². The summed E-state index contributed by atoms with van der Waals surface area (Å²) in [5.41, 5.74) is 0. The summed E-state index contributed by atoms with van der Waals surface area (Å²) in [5, 5.41) is 0. The predicted octanol–water partition coefficient (Wildman–Crippen LogP) is 1.81. The van der Waals surface area contributed by atoms with Gasteiger partial charge in [-0.2, -0.15) is 0 Å². The summed E-state index contributed by atoms with van der Waals surface area (Å²) >= 11 is 0. The molecule has 1 aliphatic heterocycles. The normalized spacial score (nSPS) is 16.2. The van der Waals surface area contributed by atoms with E-state index >= 15 is 0 Å². The summed E-state index contributed by atoms with van der Waals surface area (Å²) in [5.74, 6) is 0. The van der Waals surface area contributed by atoms with Crippen LogP contribution in [0.15, 0.2) is 12.8 Å². The van der Waals surface area contributed by atoms with Gasteiger partial charge in [0.15, 0.2) is 6.29 Å². The molecule has 1 rings (SSSR count). The third-order valence-corrected chi connectivity index (χ3v) is 4.36. The van der Waals surface area contributed by atoms with Gasteiger partial charge in [0.25, 0.3) is 0 Å². The van der Waals surface area contributed by atoms with Gasteiger partial charge < -0.3 is 47.4 Å². The smallest absolute Gasteiger partial charge is 0.157 e. The molecule has 33 heavy (non-hydrogen) atoms. The molecule has 1 aliphatic rings. The third kappa shape index (κ3) is 22.7.